The Morgan fingerprint density at radius 2 is 1.62 bits per heavy atom. The van der Waals surface area contributed by atoms with E-state index in [-0.39, 0.29) is 0 Å². The maximum absolute atomic E-state index is 12.0. The van der Waals surface area contributed by atoms with E-state index in [4.69, 9.17) is 14.2 Å². The minimum absolute atomic E-state index is 0.437. The Balaban J connectivity index is 2.08. The molecule has 0 fully saturated rings. The number of hydrogen-bond acceptors (Lipinski definition) is 5. The molecule has 2 aromatic rings. The average molecular weight is 357 g/mol. The number of carbonyl (C=O) groups excluding carboxylic acids is 1. The minimum Gasteiger partial charge on any atom is -0.496 e. The lowest BCUT2D eigenvalue weighted by molar-refractivity contribution is 0.252. The van der Waals surface area contributed by atoms with Crippen molar-refractivity contribution < 1.29 is 19.0 Å². The number of hydrogen-bond donors (Lipinski definition) is 2. The van der Waals surface area contributed by atoms with Crippen molar-refractivity contribution in [3.8, 4) is 17.2 Å². The summed E-state index contributed by atoms with van der Waals surface area (Å²) in [4.78, 5) is 12.0. The third-order valence-electron chi connectivity index (χ3n) is 3.74. The van der Waals surface area contributed by atoms with Crippen LogP contribution in [0.15, 0.2) is 35.4 Å². The highest BCUT2D eigenvalue weighted by Crippen LogP contribution is 2.33. The Labute approximate surface area is 153 Å². The Bertz CT molecular complexity index is 819. The van der Waals surface area contributed by atoms with E-state index in [1.807, 2.05) is 32.0 Å². The quantitative estimate of drug-likeness (QED) is 0.612. The first-order valence-corrected chi connectivity index (χ1v) is 7.95. The standard InChI is InChI=1S/C19H23N3O4/c1-12-6-7-15(13(2)8-12)21-19(23)22-20-11-14-9-17(25-4)18(26-5)10-16(14)24-3/h6-11H,1-5H3,(H2,21,22,23)/b20-11+. The normalized spacial score (nSPS) is 10.5. The van der Waals surface area contributed by atoms with Crippen molar-refractivity contribution >= 4 is 17.9 Å². The van der Waals surface area contributed by atoms with E-state index < -0.39 is 6.03 Å². The largest absolute Gasteiger partial charge is 0.496 e. The first kappa shape index (κ1) is 19.1. The molecule has 0 saturated heterocycles. The number of urea groups is 1. The molecule has 7 nitrogen and oxygen atoms in total. The van der Waals surface area contributed by atoms with E-state index in [0.29, 0.717) is 22.8 Å². The summed E-state index contributed by atoms with van der Waals surface area (Å²) in [5.74, 6) is 1.62. The van der Waals surface area contributed by atoms with Crippen molar-refractivity contribution in [3.05, 3.63) is 47.0 Å². The lowest BCUT2D eigenvalue weighted by atomic mass is 10.1. The van der Waals surface area contributed by atoms with Gasteiger partial charge in [-0.25, -0.2) is 10.2 Å². The van der Waals surface area contributed by atoms with Crippen molar-refractivity contribution in [2.75, 3.05) is 26.6 Å². The van der Waals surface area contributed by atoms with Crippen molar-refractivity contribution in [3.63, 3.8) is 0 Å². The number of nitrogens with zero attached hydrogens (tertiary/aromatic N) is 1. The van der Waals surface area contributed by atoms with Gasteiger partial charge in [0.2, 0.25) is 0 Å². The molecule has 0 aromatic heterocycles. The highest BCUT2D eigenvalue weighted by molar-refractivity contribution is 5.91. The number of benzene rings is 2. The summed E-state index contributed by atoms with van der Waals surface area (Å²) in [7, 11) is 4.63. The van der Waals surface area contributed by atoms with Crippen LogP contribution in [0.3, 0.4) is 0 Å². The van der Waals surface area contributed by atoms with Gasteiger partial charge in [0.15, 0.2) is 11.5 Å². The lowest BCUT2D eigenvalue weighted by Crippen LogP contribution is -2.24. The highest BCUT2D eigenvalue weighted by atomic mass is 16.5. The molecule has 0 heterocycles. The lowest BCUT2D eigenvalue weighted by Gasteiger charge is -2.12. The van der Waals surface area contributed by atoms with E-state index >= 15 is 0 Å². The number of carbonyl (C=O) groups is 1. The van der Waals surface area contributed by atoms with Crippen LogP contribution in [0.25, 0.3) is 0 Å². The summed E-state index contributed by atoms with van der Waals surface area (Å²) in [5, 5.41) is 6.71. The molecule has 0 bridgehead atoms. The van der Waals surface area contributed by atoms with Crippen LogP contribution in [0, 0.1) is 13.8 Å². The summed E-state index contributed by atoms with van der Waals surface area (Å²) in [6.45, 7) is 3.93. The summed E-state index contributed by atoms with van der Waals surface area (Å²) < 4.78 is 15.8. The molecule has 0 aliphatic rings. The molecule has 0 saturated carbocycles. The first-order valence-electron chi connectivity index (χ1n) is 7.95. The zero-order chi connectivity index (χ0) is 19.1. The molecule has 0 unspecified atom stereocenters. The predicted octanol–water partition coefficient (Wildman–Crippen LogP) is 3.48. The van der Waals surface area contributed by atoms with Crippen LogP contribution < -0.4 is 25.0 Å². The number of nitrogens with one attached hydrogen (secondary N) is 2. The molecule has 0 atom stereocenters. The Morgan fingerprint density at radius 1 is 0.962 bits per heavy atom. The van der Waals surface area contributed by atoms with Crippen LogP contribution in [0.4, 0.5) is 10.5 Å². The SMILES string of the molecule is COc1cc(OC)c(OC)cc1/C=N/NC(=O)Nc1ccc(C)cc1C. The molecule has 138 valence electrons. The number of rotatable bonds is 6. The van der Waals surface area contributed by atoms with E-state index in [9.17, 15) is 4.79 Å². The second kappa shape index (κ2) is 8.75. The fraction of sp³-hybridized carbons (Fsp3) is 0.263. The summed E-state index contributed by atoms with van der Waals surface area (Å²) in [5.41, 5.74) is 5.90. The molecule has 2 amide bonds. The van der Waals surface area contributed by atoms with E-state index in [2.05, 4.69) is 15.8 Å². The van der Waals surface area contributed by atoms with Gasteiger partial charge in [-0.15, -0.1) is 0 Å². The van der Waals surface area contributed by atoms with Gasteiger partial charge in [0.25, 0.3) is 0 Å². The van der Waals surface area contributed by atoms with E-state index in [0.717, 1.165) is 16.8 Å². The number of ether oxygens (including phenoxy) is 3. The second-order valence-corrected chi connectivity index (χ2v) is 5.59. The third-order valence-corrected chi connectivity index (χ3v) is 3.74. The molecule has 26 heavy (non-hydrogen) atoms. The molecule has 2 aromatic carbocycles. The van der Waals surface area contributed by atoms with Gasteiger partial charge in [-0.3, -0.25) is 0 Å². The van der Waals surface area contributed by atoms with Crippen molar-refractivity contribution in [2.45, 2.75) is 13.8 Å². The van der Waals surface area contributed by atoms with Crippen LogP contribution in [-0.4, -0.2) is 33.6 Å². The molecule has 0 radical (unpaired) electrons. The van der Waals surface area contributed by atoms with E-state index in [1.54, 1.807) is 33.5 Å². The molecule has 0 aliphatic carbocycles. The molecular weight excluding hydrogens is 334 g/mol. The monoisotopic (exact) mass is 357 g/mol. The Hall–Kier alpha value is -3.22. The van der Waals surface area contributed by atoms with Crippen LogP contribution in [0.2, 0.25) is 0 Å². The van der Waals surface area contributed by atoms with Crippen molar-refractivity contribution in [1.82, 2.24) is 5.43 Å². The van der Waals surface area contributed by atoms with Gasteiger partial charge in [0, 0.05) is 17.3 Å². The van der Waals surface area contributed by atoms with E-state index in [1.165, 1.54) is 6.21 Å². The van der Waals surface area contributed by atoms with Gasteiger partial charge in [-0.2, -0.15) is 5.10 Å². The molecule has 7 heteroatoms. The third kappa shape index (κ3) is 4.66. The molecular formula is C19H23N3O4. The minimum atomic E-state index is -0.437. The Morgan fingerprint density at radius 3 is 2.23 bits per heavy atom. The van der Waals surface area contributed by atoms with Crippen molar-refractivity contribution in [1.29, 1.82) is 0 Å². The van der Waals surface area contributed by atoms with Crippen LogP contribution in [-0.2, 0) is 0 Å². The van der Waals surface area contributed by atoms with Crippen LogP contribution in [0.5, 0.6) is 17.2 Å². The van der Waals surface area contributed by atoms with Gasteiger partial charge in [0.05, 0.1) is 27.5 Å². The second-order valence-electron chi connectivity index (χ2n) is 5.59. The maximum Gasteiger partial charge on any atom is 0.339 e. The molecule has 0 spiro atoms. The fourth-order valence-corrected chi connectivity index (χ4v) is 2.42. The van der Waals surface area contributed by atoms with Gasteiger partial charge >= 0.3 is 6.03 Å². The maximum atomic E-state index is 12.0. The van der Waals surface area contributed by atoms with Crippen LogP contribution >= 0.6 is 0 Å². The molecule has 2 rings (SSSR count). The number of hydrazone groups is 1. The van der Waals surface area contributed by atoms with Gasteiger partial charge in [-0.1, -0.05) is 17.7 Å². The highest BCUT2D eigenvalue weighted by Gasteiger charge is 2.10. The fourth-order valence-electron chi connectivity index (χ4n) is 2.42. The summed E-state index contributed by atoms with van der Waals surface area (Å²) >= 11 is 0. The number of aryl methyl sites for hydroxylation is 2. The predicted molar refractivity (Wildman–Crippen MR) is 102 cm³/mol. The topological polar surface area (TPSA) is 81.2 Å². The van der Waals surface area contributed by atoms with Crippen molar-refractivity contribution in [2.24, 2.45) is 5.10 Å². The molecule has 2 N–H and O–H groups in total. The first-order chi connectivity index (χ1) is 12.5. The summed E-state index contributed by atoms with van der Waals surface area (Å²) in [6, 6.07) is 8.74. The number of amides is 2. The van der Waals surface area contributed by atoms with Gasteiger partial charge < -0.3 is 19.5 Å². The zero-order valence-electron chi connectivity index (χ0n) is 15.5. The van der Waals surface area contributed by atoms with Crippen LogP contribution in [0.1, 0.15) is 16.7 Å². The zero-order valence-corrected chi connectivity index (χ0v) is 15.5. The average Bonchev–Trinajstić information content (AvgIpc) is 2.63. The van der Waals surface area contributed by atoms with Gasteiger partial charge in [-0.05, 0) is 31.5 Å². The number of methoxy groups -OCH3 is 3. The molecule has 0 aliphatic heterocycles. The smallest absolute Gasteiger partial charge is 0.339 e. The number of anilines is 1. The van der Waals surface area contributed by atoms with Gasteiger partial charge in [0.1, 0.15) is 5.75 Å². The summed E-state index contributed by atoms with van der Waals surface area (Å²) in [6.07, 6.45) is 1.47. The Kier molecular flexibility index (Phi) is 6.43.